The van der Waals surface area contributed by atoms with Gasteiger partial charge in [0.1, 0.15) is 11.4 Å². The van der Waals surface area contributed by atoms with Gasteiger partial charge in [0.25, 0.3) is 0 Å². The Bertz CT molecular complexity index is 476. The Kier molecular flexibility index (Phi) is 2.41. The number of hydrogen-bond donors (Lipinski definition) is 0. The van der Waals surface area contributed by atoms with Crippen molar-refractivity contribution in [2.75, 3.05) is 7.11 Å². The van der Waals surface area contributed by atoms with Crippen LogP contribution in [0.2, 0.25) is 0 Å². The second-order valence-electron chi connectivity index (χ2n) is 3.46. The summed E-state index contributed by atoms with van der Waals surface area (Å²) in [5.41, 5.74) is 2.99. The second kappa shape index (κ2) is 3.73. The smallest absolute Gasteiger partial charge is 0.122 e. The Labute approximate surface area is 88.5 Å². The van der Waals surface area contributed by atoms with Gasteiger partial charge >= 0.3 is 0 Å². The molecule has 2 aromatic rings. The third-order valence-electron chi connectivity index (χ3n) is 2.31. The summed E-state index contributed by atoms with van der Waals surface area (Å²) in [4.78, 5) is 0. The van der Waals surface area contributed by atoms with Gasteiger partial charge in [0.15, 0.2) is 0 Å². The van der Waals surface area contributed by atoms with E-state index in [1.54, 1.807) is 11.8 Å². The maximum atomic E-state index is 5.26. The molecule has 4 nitrogen and oxygen atoms in total. The van der Waals surface area contributed by atoms with Gasteiger partial charge in [-0.15, -0.1) is 5.10 Å². The molecule has 0 N–H and O–H groups in total. The number of aromatic nitrogens is 3. The van der Waals surface area contributed by atoms with E-state index in [1.165, 1.54) is 0 Å². The number of methoxy groups -OCH3 is 1. The summed E-state index contributed by atoms with van der Waals surface area (Å²) in [6.07, 6.45) is 1.88. The standard InChI is InChI=1S/C11H13N3O/c1-8-4-5-9(6-11(8)15-3)10-7-14(2)13-12-10/h4-7H,1-3H3. The highest BCUT2D eigenvalue weighted by Crippen LogP contribution is 2.24. The van der Waals surface area contributed by atoms with Crippen LogP contribution in [0, 0.1) is 6.92 Å². The third kappa shape index (κ3) is 1.83. The summed E-state index contributed by atoms with van der Waals surface area (Å²) in [6.45, 7) is 2.01. The van der Waals surface area contributed by atoms with E-state index in [-0.39, 0.29) is 0 Å². The van der Waals surface area contributed by atoms with Crippen LogP contribution in [0.25, 0.3) is 11.3 Å². The van der Waals surface area contributed by atoms with Crippen LogP contribution in [-0.4, -0.2) is 22.1 Å². The molecule has 2 rings (SSSR count). The van der Waals surface area contributed by atoms with Crippen molar-refractivity contribution in [1.29, 1.82) is 0 Å². The Hall–Kier alpha value is -1.84. The molecule has 0 saturated heterocycles. The van der Waals surface area contributed by atoms with Crippen molar-refractivity contribution >= 4 is 0 Å². The van der Waals surface area contributed by atoms with Crippen LogP contribution in [0.4, 0.5) is 0 Å². The molecule has 0 aliphatic heterocycles. The van der Waals surface area contributed by atoms with Gasteiger partial charge in [-0.3, -0.25) is 4.68 Å². The minimum atomic E-state index is 0.857. The minimum Gasteiger partial charge on any atom is -0.496 e. The molecule has 0 amide bonds. The molecule has 0 fully saturated rings. The lowest BCUT2D eigenvalue weighted by Crippen LogP contribution is -1.88. The molecule has 4 heteroatoms. The number of aryl methyl sites for hydroxylation is 2. The molecule has 0 unspecified atom stereocenters. The molecule has 1 aromatic heterocycles. The first-order valence-electron chi connectivity index (χ1n) is 4.72. The molecule has 0 bridgehead atoms. The molecule has 0 spiro atoms. The highest BCUT2D eigenvalue weighted by molar-refractivity contribution is 5.61. The predicted molar refractivity (Wildman–Crippen MR) is 57.7 cm³/mol. The number of nitrogens with zero attached hydrogens (tertiary/aromatic N) is 3. The molecular weight excluding hydrogens is 190 g/mol. The van der Waals surface area contributed by atoms with E-state index in [0.717, 1.165) is 22.6 Å². The van der Waals surface area contributed by atoms with Crippen molar-refractivity contribution in [1.82, 2.24) is 15.0 Å². The van der Waals surface area contributed by atoms with Gasteiger partial charge in [-0.1, -0.05) is 17.3 Å². The number of rotatable bonds is 2. The molecule has 0 atom stereocenters. The quantitative estimate of drug-likeness (QED) is 0.747. The van der Waals surface area contributed by atoms with Crippen LogP contribution < -0.4 is 4.74 Å². The van der Waals surface area contributed by atoms with E-state index in [9.17, 15) is 0 Å². The van der Waals surface area contributed by atoms with Crippen LogP contribution in [0.5, 0.6) is 5.75 Å². The van der Waals surface area contributed by atoms with Gasteiger partial charge in [0.2, 0.25) is 0 Å². The summed E-state index contributed by atoms with van der Waals surface area (Å²) in [7, 11) is 3.52. The molecule has 0 aliphatic rings. The van der Waals surface area contributed by atoms with E-state index >= 15 is 0 Å². The fourth-order valence-electron chi connectivity index (χ4n) is 1.46. The largest absolute Gasteiger partial charge is 0.496 e. The fourth-order valence-corrected chi connectivity index (χ4v) is 1.46. The molecule has 1 aromatic carbocycles. The van der Waals surface area contributed by atoms with Crippen LogP contribution in [0.1, 0.15) is 5.56 Å². The number of ether oxygens (including phenoxy) is 1. The third-order valence-corrected chi connectivity index (χ3v) is 2.31. The molecule has 0 saturated carbocycles. The Morgan fingerprint density at radius 1 is 1.33 bits per heavy atom. The van der Waals surface area contributed by atoms with E-state index in [2.05, 4.69) is 10.3 Å². The normalized spacial score (nSPS) is 10.3. The maximum Gasteiger partial charge on any atom is 0.122 e. The van der Waals surface area contributed by atoms with Gasteiger partial charge < -0.3 is 4.74 Å². The van der Waals surface area contributed by atoms with E-state index in [4.69, 9.17) is 4.74 Å². The lowest BCUT2D eigenvalue weighted by molar-refractivity contribution is 0.412. The molecule has 0 radical (unpaired) electrons. The molecule has 78 valence electrons. The number of benzene rings is 1. The summed E-state index contributed by atoms with van der Waals surface area (Å²) in [5, 5.41) is 7.95. The van der Waals surface area contributed by atoms with Crippen molar-refractivity contribution in [2.45, 2.75) is 6.92 Å². The molecule has 1 heterocycles. The Morgan fingerprint density at radius 3 is 2.73 bits per heavy atom. The van der Waals surface area contributed by atoms with Crippen molar-refractivity contribution in [3.8, 4) is 17.0 Å². The van der Waals surface area contributed by atoms with Gasteiger partial charge in [0, 0.05) is 12.6 Å². The molecule has 0 aliphatic carbocycles. The van der Waals surface area contributed by atoms with Crippen LogP contribution in [0.3, 0.4) is 0 Å². The summed E-state index contributed by atoms with van der Waals surface area (Å²) in [6, 6.07) is 6.00. The highest BCUT2D eigenvalue weighted by Gasteiger charge is 2.05. The van der Waals surface area contributed by atoms with Crippen LogP contribution in [-0.2, 0) is 7.05 Å². The van der Waals surface area contributed by atoms with Gasteiger partial charge in [0.05, 0.1) is 13.3 Å². The number of hydrogen-bond acceptors (Lipinski definition) is 3. The van der Waals surface area contributed by atoms with Crippen molar-refractivity contribution in [3.05, 3.63) is 30.0 Å². The second-order valence-corrected chi connectivity index (χ2v) is 3.46. The van der Waals surface area contributed by atoms with Crippen LogP contribution in [0.15, 0.2) is 24.4 Å². The average molecular weight is 203 g/mol. The van der Waals surface area contributed by atoms with E-state index in [1.807, 2.05) is 38.4 Å². The minimum absolute atomic E-state index is 0.857. The molecular formula is C11H13N3O. The maximum absolute atomic E-state index is 5.26. The lowest BCUT2D eigenvalue weighted by atomic mass is 10.1. The highest BCUT2D eigenvalue weighted by atomic mass is 16.5. The SMILES string of the molecule is COc1cc(-c2cn(C)nn2)ccc1C. The summed E-state index contributed by atoms with van der Waals surface area (Å²) >= 11 is 0. The van der Waals surface area contributed by atoms with Crippen molar-refractivity contribution in [3.63, 3.8) is 0 Å². The summed E-state index contributed by atoms with van der Waals surface area (Å²) < 4.78 is 6.94. The van der Waals surface area contributed by atoms with E-state index in [0.29, 0.717) is 0 Å². The predicted octanol–water partition coefficient (Wildman–Crippen LogP) is 1.80. The zero-order valence-corrected chi connectivity index (χ0v) is 9.06. The average Bonchev–Trinajstić information content (AvgIpc) is 2.66. The zero-order chi connectivity index (χ0) is 10.8. The van der Waals surface area contributed by atoms with Crippen LogP contribution >= 0.6 is 0 Å². The van der Waals surface area contributed by atoms with E-state index < -0.39 is 0 Å². The topological polar surface area (TPSA) is 39.9 Å². The van der Waals surface area contributed by atoms with Gasteiger partial charge in [-0.2, -0.15) is 0 Å². The first-order valence-corrected chi connectivity index (χ1v) is 4.72. The van der Waals surface area contributed by atoms with Crippen molar-refractivity contribution < 1.29 is 4.74 Å². The van der Waals surface area contributed by atoms with Crippen molar-refractivity contribution in [2.24, 2.45) is 7.05 Å². The first kappa shape index (κ1) is 9.71. The molecule has 15 heavy (non-hydrogen) atoms. The van der Waals surface area contributed by atoms with Gasteiger partial charge in [-0.25, -0.2) is 0 Å². The van der Waals surface area contributed by atoms with Gasteiger partial charge in [-0.05, 0) is 18.6 Å². The zero-order valence-electron chi connectivity index (χ0n) is 9.06. The Morgan fingerprint density at radius 2 is 2.13 bits per heavy atom. The fraction of sp³-hybridized carbons (Fsp3) is 0.273. The monoisotopic (exact) mass is 203 g/mol. The summed E-state index contributed by atoms with van der Waals surface area (Å²) in [5.74, 6) is 0.873. The Balaban J connectivity index is 2.45. The first-order chi connectivity index (χ1) is 7.20. The lowest BCUT2D eigenvalue weighted by Gasteiger charge is -2.05.